The average Bonchev–Trinajstić information content (AvgIpc) is 2.57. The molecule has 2 aromatic carbocycles. The molecule has 0 bridgehead atoms. The summed E-state index contributed by atoms with van der Waals surface area (Å²) in [6, 6.07) is 12.2. The highest BCUT2D eigenvalue weighted by atomic mass is 79.9. The van der Waals surface area contributed by atoms with E-state index in [2.05, 4.69) is 26.5 Å². The van der Waals surface area contributed by atoms with Crippen LogP contribution in [0.4, 0.5) is 0 Å². The van der Waals surface area contributed by atoms with E-state index >= 15 is 0 Å². The van der Waals surface area contributed by atoms with Crippen LogP contribution < -0.4 is 14.9 Å². The quantitative estimate of drug-likeness (QED) is 0.598. The molecule has 0 spiro atoms. The fraction of sp³-hybridized carbons (Fsp3) is 0.125. The first-order chi connectivity index (χ1) is 11.1. The van der Waals surface area contributed by atoms with Crippen molar-refractivity contribution in [2.75, 3.05) is 13.7 Å². The monoisotopic (exact) mass is 378 g/mol. The Bertz CT molecular complexity index is 705. The Balaban J connectivity index is 1.91. The highest BCUT2D eigenvalue weighted by Crippen LogP contribution is 2.31. The van der Waals surface area contributed by atoms with Crippen LogP contribution in [0, 0.1) is 0 Å². The summed E-state index contributed by atoms with van der Waals surface area (Å²) < 4.78 is 10.9. The molecule has 0 aliphatic heterocycles. The molecule has 1 amide bonds. The second-order valence-electron chi connectivity index (χ2n) is 4.44. The van der Waals surface area contributed by atoms with Crippen LogP contribution in [0.15, 0.2) is 52.0 Å². The van der Waals surface area contributed by atoms with E-state index in [1.807, 2.05) is 18.2 Å². The molecule has 0 fully saturated rings. The zero-order valence-corrected chi connectivity index (χ0v) is 13.9. The van der Waals surface area contributed by atoms with Crippen LogP contribution in [0.3, 0.4) is 0 Å². The van der Waals surface area contributed by atoms with E-state index in [1.165, 1.54) is 13.3 Å². The first-order valence-electron chi connectivity index (χ1n) is 6.66. The molecular formula is C16H15BrN2O4. The number of para-hydroxylation sites is 1. The Morgan fingerprint density at radius 2 is 2.04 bits per heavy atom. The van der Waals surface area contributed by atoms with Crippen molar-refractivity contribution in [3.8, 4) is 17.2 Å². The predicted molar refractivity (Wildman–Crippen MR) is 90.0 cm³/mol. The number of phenolic OH excluding ortho intramolecular Hbond substituents is 1. The zero-order chi connectivity index (χ0) is 16.7. The lowest BCUT2D eigenvalue weighted by molar-refractivity contribution is -0.123. The number of nitrogens with zero attached hydrogens (tertiary/aromatic N) is 1. The van der Waals surface area contributed by atoms with Crippen LogP contribution in [0.25, 0.3) is 0 Å². The topological polar surface area (TPSA) is 80.2 Å². The van der Waals surface area contributed by atoms with Gasteiger partial charge in [0.15, 0.2) is 6.61 Å². The molecule has 0 saturated carbocycles. The number of phenols is 1. The Morgan fingerprint density at radius 3 is 2.74 bits per heavy atom. The fourth-order valence-electron chi connectivity index (χ4n) is 1.68. The lowest BCUT2D eigenvalue weighted by atomic mass is 10.2. The minimum Gasteiger partial charge on any atom is -0.506 e. The van der Waals surface area contributed by atoms with Crippen LogP contribution in [0.1, 0.15) is 5.56 Å². The average molecular weight is 379 g/mol. The maximum atomic E-state index is 11.6. The molecule has 120 valence electrons. The van der Waals surface area contributed by atoms with Crippen molar-refractivity contribution in [1.29, 1.82) is 0 Å². The normalized spacial score (nSPS) is 10.5. The molecule has 0 aromatic heterocycles. The molecular weight excluding hydrogens is 364 g/mol. The summed E-state index contributed by atoms with van der Waals surface area (Å²) in [5.74, 6) is 0.742. The SMILES string of the molecule is COc1cc(Br)c(O)c(/C=N\NC(=O)COc2ccccc2)c1. The number of aromatic hydroxyl groups is 1. The number of carbonyl (C=O) groups is 1. The third-order valence-corrected chi connectivity index (χ3v) is 3.41. The summed E-state index contributed by atoms with van der Waals surface area (Å²) in [4.78, 5) is 11.6. The van der Waals surface area contributed by atoms with E-state index < -0.39 is 5.91 Å². The van der Waals surface area contributed by atoms with E-state index in [9.17, 15) is 9.90 Å². The summed E-state index contributed by atoms with van der Waals surface area (Å²) in [5.41, 5.74) is 2.73. The minimum atomic E-state index is -0.411. The number of carbonyl (C=O) groups excluding carboxylic acids is 1. The van der Waals surface area contributed by atoms with Crippen molar-refractivity contribution in [3.63, 3.8) is 0 Å². The number of benzene rings is 2. The van der Waals surface area contributed by atoms with Crippen molar-refractivity contribution >= 4 is 28.1 Å². The van der Waals surface area contributed by atoms with Crippen molar-refractivity contribution in [2.24, 2.45) is 5.10 Å². The summed E-state index contributed by atoms with van der Waals surface area (Å²) in [7, 11) is 1.52. The highest BCUT2D eigenvalue weighted by molar-refractivity contribution is 9.10. The number of methoxy groups -OCH3 is 1. The molecule has 0 radical (unpaired) electrons. The number of hydrogen-bond donors (Lipinski definition) is 2. The maximum absolute atomic E-state index is 11.6. The van der Waals surface area contributed by atoms with Crippen LogP contribution in [-0.4, -0.2) is 30.9 Å². The summed E-state index contributed by atoms with van der Waals surface area (Å²) in [5, 5.41) is 13.7. The van der Waals surface area contributed by atoms with Gasteiger partial charge in [-0.25, -0.2) is 5.43 Å². The number of hydrazone groups is 1. The van der Waals surface area contributed by atoms with Crippen LogP contribution in [0.2, 0.25) is 0 Å². The highest BCUT2D eigenvalue weighted by Gasteiger charge is 2.07. The molecule has 0 atom stereocenters. The Kier molecular flexibility index (Phi) is 5.99. The van der Waals surface area contributed by atoms with Crippen LogP contribution in [-0.2, 0) is 4.79 Å². The summed E-state index contributed by atoms with van der Waals surface area (Å²) in [6.07, 6.45) is 1.32. The van der Waals surface area contributed by atoms with Gasteiger partial charge in [-0.15, -0.1) is 0 Å². The molecule has 0 aliphatic rings. The zero-order valence-electron chi connectivity index (χ0n) is 12.3. The van der Waals surface area contributed by atoms with Gasteiger partial charge in [0.25, 0.3) is 5.91 Å². The third-order valence-electron chi connectivity index (χ3n) is 2.81. The maximum Gasteiger partial charge on any atom is 0.277 e. The Labute approximate surface area is 141 Å². The van der Waals surface area contributed by atoms with Gasteiger partial charge < -0.3 is 14.6 Å². The minimum absolute atomic E-state index is 0.00401. The molecule has 6 nitrogen and oxygen atoms in total. The van der Waals surface area contributed by atoms with Crippen molar-refractivity contribution in [3.05, 3.63) is 52.5 Å². The molecule has 0 saturated heterocycles. The lowest BCUT2D eigenvalue weighted by Crippen LogP contribution is -2.24. The second kappa shape index (κ2) is 8.19. The van der Waals surface area contributed by atoms with Crippen molar-refractivity contribution < 1.29 is 19.4 Å². The second-order valence-corrected chi connectivity index (χ2v) is 5.30. The van der Waals surface area contributed by atoms with Crippen LogP contribution in [0.5, 0.6) is 17.2 Å². The van der Waals surface area contributed by atoms with E-state index in [4.69, 9.17) is 9.47 Å². The van der Waals surface area contributed by atoms with Gasteiger partial charge in [0, 0.05) is 5.56 Å². The molecule has 0 heterocycles. The van der Waals surface area contributed by atoms with E-state index in [0.29, 0.717) is 21.5 Å². The molecule has 2 rings (SSSR count). The first kappa shape index (κ1) is 16.8. The van der Waals surface area contributed by atoms with Gasteiger partial charge in [0.2, 0.25) is 0 Å². The van der Waals surface area contributed by atoms with Gasteiger partial charge in [-0.3, -0.25) is 4.79 Å². The molecule has 23 heavy (non-hydrogen) atoms. The van der Waals surface area contributed by atoms with Crippen LogP contribution >= 0.6 is 15.9 Å². The lowest BCUT2D eigenvalue weighted by Gasteiger charge is -2.06. The smallest absolute Gasteiger partial charge is 0.277 e. The summed E-state index contributed by atoms with van der Waals surface area (Å²) in [6.45, 7) is -0.158. The number of nitrogens with one attached hydrogen (secondary N) is 1. The largest absolute Gasteiger partial charge is 0.506 e. The molecule has 2 N–H and O–H groups in total. The van der Waals surface area contributed by atoms with Gasteiger partial charge in [-0.05, 0) is 40.2 Å². The molecule has 7 heteroatoms. The van der Waals surface area contributed by atoms with Crippen molar-refractivity contribution in [1.82, 2.24) is 5.43 Å². The molecule has 0 aliphatic carbocycles. The van der Waals surface area contributed by atoms with Gasteiger partial charge in [0.05, 0.1) is 17.8 Å². The van der Waals surface area contributed by atoms with E-state index in [1.54, 1.807) is 24.3 Å². The van der Waals surface area contributed by atoms with Crippen molar-refractivity contribution in [2.45, 2.75) is 0 Å². The van der Waals surface area contributed by atoms with Gasteiger partial charge in [0.1, 0.15) is 17.2 Å². The van der Waals surface area contributed by atoms with E-state index in [0.717, 1.165) is 0 Å². The number of rotatable bonds is 6. The third kappa shape index (κ3) is 5.00. The standard InChI is InChI=1S/C16H15BrN2O4/c1-22-13-7-11(16(21)14(17)8-13)9-18-19-15(20)10-23-12-5-3-2-4-6-12/h2-9,21H,10H2,1H3,(H,19,20)/b18-9-. The predicted octanol–water partition coefficient (Wildman–Crippen LogP) is 2.69. The number of halogens is 1. The van der Waals surface area contributed by atoms with Gasteiger partial charge in [-0.1, -0.05) is 18.2 Å². The van der Waals surface area contributed by atoms with Gasteiger partial charge in [-0.2, -0.15) is 5.10 Å². The van der Waals surface area contributed by atoms with Gasteiger partial charge >= 0.3 is 0 Å². The summed E-state index contributed by atoms with van der Waals surface area (Å²) >= 11 is 3.21. The molecule has 2 aromatic rings. The molecule has 0 unspecified atom stereocenters. The Morgan fingerprint density at radius 1 is 1.30 bits per heavy atom. The number of hydrogen-bond acceptors (Lipinski definition) is 5. The number of amides is 1. The Hall–Kier alpha value is -2.54. The fourth-order valence-corrected chi connectivity index (χ4v) is 2.14. The first-order valence-corrected chi connectivity index (χ1v) is 7.45. The van der Waals surface area contributed by atoms with E-state index in [-0.39, 0.29) is 12.4 Å². The number of ether oxygens (including phenoxy) is 2.